The molecule has 0 saturated heterocycles. The number of nitrogens with zero attached hydrogens (tertiary/aromatic N) is 4. The topological polar surface area (TPSA) is 215 Å². The maximum Gasteiger partial charge on any atom is 0.376 e. The fourth-order valence-electron chi connectivity index (χ4n) is 5.47. The fourth-order valence-corrected chi connectivity index (χ4v) is 5.88. The van der Waals surface area contributed by atoms with E-state index in [0.717, 1.165) is 38.4 Å². The number of nitrogens with one attached hydrogen (secondary N) is 5. The van der Waals surface area contributed by atoms with E-state index >= 15 is 0 Å². The number of furan rings is 2. The summed E-state index contributed by atoms with van der Waals surface area (Å²) in [6.07, 6.45) is 9.77. The van der Waals surface area contributed by atoms with Crippen LogP contribution in [0.1, 0.15) is 55.7 Å². The summed E-state index contributed by atoms with van der Waals surface area (Å²) in [6.45, 7) is 9.66. The number of hydrogen-bond acceptors (Lipinski definition) is 12. The number of nitrogens with two attached hydrogens (primary N) is 1. The van der Waals surface area contributed by atoms with Crippen LogP contribution in [0.5, 0.6) is 0 Å². The maximum absolute atomic E-state index is 12.6. The van der Waals surface area contributed by atoms with Gasteiger partial charge in [0.2, 0.25) is 11.5 Å². The van der Waals surface area contributed by atoms with Gasteiger partial charge in [-0.15, -0.1) is 17.4 Å². The Balaban J connectivity index is 0.000000190. The number of esters is 1. The van der Waals surface area contributed by atoms with Crippen molar-refractivity contribution in [3.63, 3.8) is 0 Å². The maximum atomic E-state index is 12.6. The highest BCUT2D eigenvalue weighted by Crippen LogP contribution is 2.38. The van der Waals surface area contributed by atoms with E-state index in [9.17, 15) is 9.59 Å². The molecular formula is C41H47AlCl2N10O5. The summed E-state index contributed by atoms with van der Waals surface area (Å²) in [6, 6.07) is 11.1. The normalized spacial score (nSPS) is 10.8. The van der Waals surface area contributed by atoms with Crippen LogP contribution in [0.25, 0.3) is 43.7 Å². The molecule has 0 unspecified atom stereocenters. The molecule has 6 aromatic heterocycles. The lowest BCUT2D eigenvalue weighted by atomic mass is 10.2. The molecule has 15 nitrogen and oxygen atoms in total. The van der Waals surface area contributed by atoms with Crippen LogP contribution in [0.3, 0.4) is 0 Å². The number of fused-ring (bicyclic) bond motifs is 4. The Hall–Kier alpha value is -5.63. The van der Waals surface area contributed by atoms with Crippen molar-refractivity contribution < 1.29 is 23.2 Å². The Morgan fingerprint density at radius 1 is 0.746 bits per heavy atom. The van der Waals surface area contributed by atoms with Crippen molar-refractivity contribution in [2.75, 3.05) is 17.2 Å². The first-order chi connectivity index (χ1) is 28.2. The number of benzene rings is 2. The molecule has 8 rings (SSSR count). The molecule has 0 saturated carbocycles. The Kier molecular flexibility index (Phi) is 15.4. The fraction of sp³-hybridized carbons (Fsp3) is 0.268. The second-order valence-electron chi connectivity index (χ2n) is 14.4. The molecule has 7 N–H and O–H groups in total. The van der Waals surface area contributed by atoms with E-state index in [1.54, 1.807) is 68.4 Å². The summed E-state index contributed by atoms with van der Waals surface area (Å²) in [5, 5.41) is 27.5. The first-order valence-electron chi connectivity index (χ1n) is 18.9. The van der Waals surface area contributed by atoms with Crippen LogP contribution in [-0.2, 0) is 4.74 Å². The van der Waals surface area contributed by atoms with E-state index in [0.29, 0.717) is 44.1 Å². The number of carbonyl (C=O) groups is 2. The number of aromatic amines is 2. The van der Waals surface area contributed by atoms with Gasteiger partial charge in [0.05, 0.1) is 58.2 Å². The molecule has 0 aliphatic heterocycles. The molecule has 59 heavy (non-hydrogen) atoms. The van der Waals surface area contributed by atoms with Crippen LogP contribution in [0.15, 0.2) is 82.4 Å². The monoisotopic (exact) mass is 856 g/mol. The molecule has 18 heteroatoms. The Labute approximate surface area is 355 Å². The minimum absolute atomic E-state index is 0.0159. The average molecular weight is 858 g/mol. The van der Waals surface area contributed by atoms with Gasteiger partial charge in [0, 0.05) is 51.4 Å². The number of pyridine rings is 2. The predicted molar refractivity (Wildman–Crippen MR) is 238 cm³/mol. The average Bonchev–Trinajstić information content (AvgIpc) is 4.00. The zero-order valence-electron chi connectivity index (χ0n) is 34.0. The molecule has 0 radical (unpaired) electrons. The smallest absolute Gasteiger partial charge is 0.376 e. The van der Waals surface area contributed by atoms with Gasteiger partial charge in [-0.1, -0.05) is 37.0 Å². The third-order valence-corrected chi connectivity index (χ3v) is 8.35. The predicted octanol–water partition coefficient (Wildman–Crippen LogP) is 10.2. The summed E-state index contributed by atoms with van der Waals surface area (Å²) < 4.78 is 16.5. The Bertz CT molecular complexity index is 2660. The quantitative estimate of drug-likeness (QED) is 0.0622. The van der Waals surface area contributed by atoms with Crippen molar-refractivity contribution in [2.24, 2.45) is 5.73 Å². The first kappa shape index (κ1) is 44.5. The number of H-pyrrole nitrogens is 2. The molecule has 0 aliphatic carbocycles. The molecule has 1 amide bonds. The molecule has 8 aromatic rings. The van der Waals surface area contributed by atoms with Crippen LogP contribution >= 0.6 is 23.2 Å². The molecule has 0 bridgehead atoms. The van der Waals surface area contributed by atoms with E-state index in [4.69, 9.17) is 42.5 Å². The Morgan fingerprint density at radius 2 is 1.19 bits per heavy atom. The second kappa shape index (κ2) is 20.4. The number of anilines is 4. The van der Waals surface area contributed by atoms with Crippen LogP contribution < -0.4 is 21.7 Å². The molecular weight excluding hydrogens is 810 g/mol. The van der Waals surface area contributed by atoms with Gasteiger partial charge >= 0.3 is 5.97 Å². The highest BCUT2D eigenvalue weighted by atomic mass is 35.5. The van der Waals surface area contributed by atoms with Crippen molar-refractivity contribution >= 4 is 116 Å². The lowest BCUT2D eigenvalue weighted by molar-refractivity contribution is 0.0494. The van der Waals surface area contributed by atoms with Crippen molar-refractivity contribution in [3.05, 3.63) is 95.1 Å². The number of amides is 1. The van der Waals surface area contributed by atoms with Crippen molar-refractivity contribution in [1.82, 2.24) is 35.7 Å². The molecule has 0 aliphatic rings. The van der Waals surface area contributed by atoms with Gasteiger partial charge in [-0.3, -0.25) is 25.0 Å². The van der Waals surface area contributed by atoms with E-state index < -0.39 is 5.97 Å². The number of ether oxygens (including phenoxy) is 1. The minimum atomic E-state index is -0.543. The SMILES string of the molecule is CC(C)N.CC(C)NC(=O)c1oc2cnccc2c1Nc1ccc(Cl)c2[nH]ncc12.CCOC(=O)c1oc2cnccc2c1Nc1ccc(Cl)c2[nH]ncc12.[CH3][Al]([CH3])[CH3]. The summed E-state index contributed by atoms with van der Waals surface area (Å²) in [5.41, 5.74) is 10.1. The van der Waals surface area contributed by atoms with Crippen molar-refractivity contribution in [2.45, 2.75) is 64.1 Å². The van der Waals surface area contributed by atoms with Gasteiger partial charge in [-0.25, -0.2) is 4.79 Å². The minimum Gasteiger partial charge on any atom is -0.460 e. The molecule has 6 heterocycles. The highest BCUT2D eigenvalue weighted by molar-refractivity contribution is 6.54. The van der Waals surface area contributed by atoms with Gasteiger partial charge < -0.3 is 35.3 Å². The zero-order chi connectivity index (χ0) is 42.8. The number of rotatable bonds is 8. The van der Waals surface area contributed by atoms with Crippen LogP contribution in [0.2, 0.25) is 27.4 Å². The van der Waals surface area contributed by atoms with Gasteiger partial charge in [0.1, 0.15) is 5.69 Å². The summed E-state index contributed by atoms with van der Waals surface area (Å²) in [4.78, 5) is 33.0. The van der Waals surface area contributed by atoms with Gasteiger partial charge in [-0.2, -0.15) is 10.2 Å². The summed E-state index contributed by atoms with van der Waals surface area (Å²) in [5.74, 6) is 6.37. The van der Waals surface area contributed by atoms with Crippen LogP contribution in [-0.4, -0.2) is 75.1 Å². The van der Waals surface area contributed by atoms with E-state index in [-0.39, 0.29) is 44.2 Å². The standard InChI is InChI=1S/C18H16ClN5O2.C17H13ClN4O3.C3H9N.3CH3.Al/c1-9(2)22-18(25)17-16(10-5-6-20-8-14(10)26-17)23-13-4-3-12(19)15-11(13)7-21-24-15;1-2-24-17(23)16-15(9-5-6-19-8-13(9)25-16)21-12-4-3-11(18)14-10(12)7-20-22-14;1-3(2)4;;;;/h3-9,23H,1-2H3,(H,21,24)(H,22,25);3-8,21H,2H2,1H3,(H,20,22);3H,4H2,1-2H3;3*1H3;. The summed E-state index contributed by atoms with van der Waals surface area (Å²) in [7, 11) is 0. The largest absolute Gasteiger partial charge is 0.460 e. The third-order valence-electron chi connectivity index (χ3n) is 7.72. The molecule has 0 spiro atoms. The first-order valence-corrected chi connectivity index (χ1v) is 23.2. The Morgan fingerprint density at radius 3 is 1.63 bits per heavy atom. The lowest BCUT2D eigenvalue weighted by Crippen LogP contribution is -2.30. The van der Waals surface area contributed by atoms with Gasteiger partial charge in [0.15, 0.2) is 11.2 Å². The number of aromatic nitrogens is 6. The molecule has 2 aromatic carbocycles. The number of halogens is 2. The summed E-state index contributed by atoms with van der Waals surface area (Å²) >= 11 is 12.2. The number of hydrogen-bond donors (Lipinski definition) is 6. The number of carbonyl (C=O) groups excluding carboxylic acids is 2. The zero-order valence-corrected chi connectivity index (χ0v) is 36.7. The van der Waals surface area contributed by atoms with Crippen LogP contribution in [0.4, 0.5) is 22.7 Å². The molecule has 0 fully saturated rings. The highest BCUT2D eigenvalue weighted by Gasteiger charge is 2.24. The van der Waals surface area contributed by atoms with Crippen molar-refractivity contribution in [1.29, 1.82) is 0 Å². The van der Waals surface area contributed by atoms with Gasteiger partial charge in [0.25, 0.3) is 20.1 Å². The van der Waals surface area contributed by atoms with Crippen molar-refractivity contribution in [3.8, 4) is 0 Å². The van der Waals surface area contributed by atoms with Gasteiger partial charge in [-0.05, 0) is 63.2 Å². The van der Waals surface area contributed by atoms with Crippen LogP contribution in [0, 0.1) is 0 Å². The van der Waals surface area contributed by atoms with E-state index in [1.165, 1.54) is 0 Å². The third kappa shape index (κ3) is 11.1. The molecule has 0 atom stereocenters. The van der Waals surface area contributed by atoms with E-state index in [1.807, 2.05) is 39.8 Å². The second-order valence-corrected chi connectivity index (χ2v) is 18.7. The lowest BCUT2D eigenvalue weighted by Gasteiger charge is -2.10. The molecule has 308 valence electrons. The van der Waals surface area contributed by atoms with E-state index in [2.05, 4.69) is 63.7 Å².